The van der Waals surface area contributed by atoms with Crippen LogP contribution in [-0.2, 0) is 0 Å². The van der Waals surface area contributed by atoms with Gasteiger partial charge in [-0.05, 0) is 18.2 Å². The number of phenolic OH excluding ortho intramolecular Hbond substituents is 2. The van der Waals surface area contributed by atoms with E-state index >= 15 is 0 Å². The molecule has 2 aromatic rings. The van der Waals surface area contributed by atoms with Crippen LogP contribution in [0.5, 0.6) is 11.5 Å². The van der Waals surface area contributed by atoms with Crippen molar-refractivity contribution in [3.8, 4) is 11.5 Å². The molecular weight excluding hydrogens is 224 g/mol. The summed E-state index contributed by atoms with van der Waals surface area (Å²) in [5.41, 5.74) is -0.0718. The first-order valence-corrected chi connectivity index (χ1v) is 4.64. The number of phenols is 2. The average molecular weight is 232 g/mol. The highest BCUT2D eigenvalue weighted by atomic mass is 16.3. The minimum absolute atomic E-state index is 0.0141. The number of nitrogens with zero attached hydrogens (tertiary/aromatic N) is 3. The Morgan fingerprint density at radius 3 is 2.76 bits per heavy atom. The molecule has 7 nitrogen and oxygen atoms in total. The number of rotatable bonds is 2. The van der Waals surface area contributed by atoms with Crippen molar-refractivity contribution in [1.29, 1.82) is 0 Å². The van der Waals surface area contributed by atoms with Gasteiger partial charge in [0.25, 0.3) is 5.91 Å². The van der Waals surface area contributed by atoms with Crippen LogP contribution >= 0.6 is 0 Å². The van der Waals surface area contributed by atoms with E-state index in [9.17, 15) is 15.0 Å². The fourth-order valence-electron chi connectivity index (χ4n) is 1.18. The van der Waals surface area contributed by atoms with Gasteiger partial charge in [-0.2, -0.15) is 5.10 Å². The van der Waals surface area contributed by atoms with Crippen LogP contribution < -0.4 is 5.32 Å². The number of amides is 1. The highest BCUT2D eigenvalue weighted by molar-refractivity contribution is 6.05. The molecule has 86 valence electrons. The second-order valence-electron chi connectivity index (χ2n) is 3.12. The van der Waals surface area contributed by atoms with Crippen LogP contribution in [0, 0.1) is 0 Å². The minimum atomic E-state index is -0.633. The lowest BCUT2D eigenvalue weighted by Crippen LogP contribution is -2.14. The third kappa shape index (κ3) is 2.46. The van der Waals surface area contributed by atoms with Crippen molar-refractivity contribution in [3.05, 3.63) is 36.2 Å². The van der Waals surface area contributed by atoms with Crippen LogP contribution in [0.15, 0.2) is 30.6 Å². The lowest BCUT2D eigenvalue weighted by molar-refractivity contribution is 0.102. The van der Waals surface area contributed by atoms with Crippen molar-refractivity contribution in [2.24, 2.45) is 0 Å². The standard InChI is InChI=1S/C10H8N4O3/c15-6-1-2-8(16)7(5-6)9(17)13-10-11-3-4-12-14-10/h1-5,15-16H,(H,11,13,14,17). The Hall–Kier alpha value is -2.70. The zero-order chi connectivity index (χ0) is 12.3. The molecule has 7 heteroatoms. The molecule has 0 fully saturated rings. The normalized spacial score (nSPS) is 9.88. The Balaban J connectivity index is 2.23. The first kappa shape index (κ1) is 10.8. The first-order valence-electron chi connectivity index (χ1n) is 4.64. The molecule has 1 amide bonds. The Morgan fingerprint density at radius 1 is 1.24 bits per heavy atom. The maximum absolute atomic E-state index is 11.7. The van der Waals surface area contributed by atoms with E-state index < -0.39 is 5.91 Å². The molecule has 0 saturated carbocycles. The number of hydrogen-bond acceptors (Lipinski definition) is 6. The lowest BCUT2D eigenvalue weighted by atomic mass is 10.2. The molecule has 3 N–H and O–H groups in total. The van der Waals surface area contributed by atoms with Gasteiger partial charge in [-0.3, -0.25) is 10.1 Å². The van der Waals surface area contributed by atoms with E-state index in [0.29, 0.717) is 0 Å². The van der Waals surface area contributed by atoms with Gasteiger partial charge < -0.3 is 10.2 Å². The van der Waals surface area contributed by atoms with E-state index in [1.807, 2.05) is 0 Å². The molecule has 1 aromatic carbocycles. The van der Waals surface area contributed by atoms with Crippen LogP contribution in [-0.4, -0.2) is 31.3 Å². The van der Waals surface area contributed by atoms with Gasteiger partial charge in [0.05, 0.1) is 18.0 Å². The highest BCUT2D eigenvalue weighted by Gasteiger charge is 2.13. The predicted octanol–water partition coefficient (Wildman–Crippen LogP) is 0.535. The number of nitrogens with one attached hydrogen (secondary N) is 1. The highest BCUT2D eigenvalue weighted by Crippen LogP contribution is 2.22. The SMILES string of the molecule is O=C(Nc1nccnn1)c1cc(O)ccc1O. The maximum atomic E-state index is 11.7. The number of hydrogen-bond donors (Lipinski definition) is 3. The molecule has 0 spiro atoms. The van der Waals surface area contributed by atoms with Gasteiger partial charge in [-0.15, -0.1) is 5.10 Å². The summed E-state index contributed by atoms with van der Waals surface area (Å²) in [4.78, 5) is 15.4. The molecule has 0 aliphatic heterocycles. The van der Waals surface area contributed by atoms with E-state index in [0.717, 1.165) is 6.07 Å². The minimum Gasteiger partial charge on any atom is -0.508 e. The summed E-state index contributed by atoms with van der Waals surface area (Å²) in [5.74, 6) is -0.990. The van der Waals surface area contributed by atoms with E-state index in [4.69, 9.17) is 0 Å². The van der Waals surface area contributed by atoms with E-state index in [-0.39, 0.29) is 23.0 Å². The number of aromatic hydroxyl groups is 2. The van der Waals surface area contributed by atoms with Gasteiger partial charge in [0, 0.05) is 0 Å². The molecule has 17 heavy (non-hydrogen) atoms. The van der Waals surface area contributed by atoms with Crippen LogP contribution in [0.1, 0.15) is 10.4 Å². The van der Waals surface area contributed by atoms with Crippen molar-refractivity contribution in [2.75, 3.05) is 5.32 Å². The molecule has 0 saturated heterocycles. The predicted molar refractivity (Wildman–Crippen MR) is 57.6 cm³/mol. The molecular formula is C10H8N4O3. The zero-order valence-corrected chi connectivity index (χ0v) is 8.53. The summed E-state index contributed by atoms with van der Waals surface area (Å²) >= 11 is 0. The van der Waals surface area contributed by atoms with Crippen LogP contribution in [0.2, 0.25) is 0 Å². The summed E-state index contributed by atoms with van der Waals surface area (Å²) in [6.07, 6.45) is 2.73. The van der Waals surface area contributed by atoms with Gasteiger partial charge in [0.1, 0.15) is 11.5 Å². The average Bonchev–Trinajstić information content (AvgIpc) is 2.33. The number of anilines is 1. The van der Waals surface area contributed by atoms with Gasteiger partial charge >= 0.3 is 0 Å². The van der Waals surface area contributed by atoms with Crippen LogP contribution in [0.3, 0.4) is 0 Å². The molecule has 0 unspecified atom stereocenters. The zero-order valence-electron chi connectivity index (χ0n) is 8.53. The molecule has 0 radical (unpaired) electrons. The third-order valence-electron chi connectivity index (χ3n) is 1.93. The quantitative estimate of drug-likeness (QED) is 0.652. The van der Waals surface area contributed by atoms with Crippen LogP contribution in [0.4, 0.5) is 5.95 Å². The Kier molecular flexibility index (Phi) is 2.82. The molecule has 2 rings (SSSR count). The van der Waals surface area contributed by atoms with Crippen molar-refractivity contribution < 1.29 is 15.0 Å². The lowest BCUT2D eigenvalue weighted by Gasteiger charge is -2.04. The molecule has 0 bridgehead atoms. The number of carbonyl (C=O) groups excluding carboxylic acids is 1. The smallest absolute Gasteiger partial charge is 0.261 e. The van der Waals surface area contributed by atoms with E-state index in [2.05, 4.69) is 20.5 Å². The number of carbonyl (C=O) groups is 1. The van der Waals surface area contributed by atoms with Gasteiger partial charge in [-0.1, -0.05) is 0 Å². The fourth-order valence-corrected chi connectivity index (χ4v) is 1.18. The van der Waals surface area contributed by atoms with Gasteiger partial charge in [0.2, 0.25) is 5.95 Å². The summed E-state index contributed by atoms with van der Waals surface area (Å²) in [5, 5.41) is 28.1. The van der Waals surface area contributed by atoms with Crippen molar-refractivity contribution in [1.82, 2.24) is 15.2 Å². The third-order valence-corrected chi connectivity index (χ3v) is 1.93. The number of aromatic nitrogens is 3. The van der Waals surface area contributed by atoms with Gasteiger partial charge in [0.15, 0.2) is 0 Å². The topological polar surface area (TPSA) is 108 Å². The fraction of sp³-hybridized carbons (Fsp3) is 0. The maximum Gasteiger partial charge on any atom is 0.261 e. The summed E-state index contributed by atoms with van der Waals surface area (Å²) in [7, 11) is 0. The van der Waals surface area contributed by atoms with E-state index in [1.54, 1.807) is 0 Å². The Bertz CT molecular complexity index is 545. The Morgan fingerprint density at radius 2 is 2.06 bits per heavy atom. The van der Waals surface area contributed by atoms with Crippen molar-refractivity contribution >= 4 is 11.9 Å². The molecule has 0 aliphatic carbocycles. The summed E-state index contributed by atoms with van der Waals surface area (Å²) < 4.78 is 0. The summed E-state index contributed by atoms with van der Waals surface area (Å²) in [6.45, 7) is 0. The molecule has 0 aliphatic rings. The second-order valence-corrected chi connectivity index (χ2v) is 3.12. The van der Waals surface area contributed by atoms with Crippen LogP contribution in [0.25, 0.3) is 0 Å². The molecule has 1 aromatic heterocycles. The van der Waals surface area contributed by atoms with E-state index in [1.165, 1.54) is 24.5 Å². The van der Waals surface area contributed by atoms with Crippen molar-refractivity contribution in [3.63, 3.8) is 0 Å². The first-order chi connectivity index (χ1) is 8.16. The van der Waals surface area contributed by atoms with Gasteiger partial charge in [-0.25, -0.2) is 4.98 Å². The largest absolute Gasteiger partial charge is 0.508 e. The monoisotopic (exact) mass is 232 g/mol. The molecule has 0 atom stereocenters. The van der Waals surface area contributed by atoms with Crippen molar-refractivity contribution in [2.45, 2.75) is 0 Å². The number of benzene rings is 1. The summed E-state index contributed by atoms with van der Waals surface area (Å²) in [6, 6.07) is 3.63. The molecule has 1 heterocycles. The Labute approximate surface area is 95.8 Å². The second kappa shape index (κ2) is 4.44.